The summed E-state index contributed by atoms with van der Waals surface area (Å²) >= 11 is 0. The van der Waals surface area contributed by atoms with E-state index in [1.54, 1.807) is 49.5 Å². The van der Waals surface area contributed by atoms with Crippen molar-refractivity contribution >= 4 is 11.6 Å². The molecule has 5 heteroatoms. The predicted octanol–water partition coefficient (Wildman–Crippen LogP) is 2.92. The molecule has 2 N–H and O–H groups in total. The Morgan fingerprint density at radius 3 is 2.50 bits per heavy atom. The largest absolute Gasteiger partial charge is 0.362 e. The molecule has 1 aromatic heterocycles. The van der Waals surface area contributed by atoms with Gasteiger partial charge in [-0.05, 0) is 45.0 Å². The average Bonchev–Trinajstić information content (AvgIpc) is 2.47. The smallest absolute Gasteiger partial charge is 0.257 e. The maximum Gasteiger partial charge on any atom is 0.257 e. The maximum atomic E-state index is 12.0. The molecular weight excluding hydrogens is 280 g/mol. The Bertz CT molecular complexity index is 622. The van der Waals surface area contributed by atoms with Crippen molar-refractivity contribution < 1.29 is 14.6 Å². The van der Waals surface area contributed by atoms with E-state index in [0.717, 1.165) is 0 Å². The van der Waals surface area contributed by atoms with Gasteiger partial charge in [0.1, 0.15) is 0 Å². The molecule has 2 aromatic rings. The van der Waals surface area contributed by atoms with E-state index < -0.39 is 5.79 Å². The summed E-state index contributed by atoms with van der Waals surface area (Å²) in [6.45, 7) is 5.31. The van der Waals surface area contributed by atoms with Crippen LogP contribution in [0.4, 0.5) is 5.69 Å². The van der Waals surface area contributed by atoms with Crippen molar-refractivity contribution in [2.75, 3.05) is 5.32 Å². The first-order valence-electron chi connectivity index (χ1n) is 7.10. The van der Waals surface area contributed by atoms with Crippen LogP contribution in [-0.2, 0) is 10.5 Å². The number of hydrogen-bond donors (Lipinski definition) is 2. The second kappa shape index (κ2) is 6.68. The van der Waals surface area contributed by atoms with Crippen LogP contribution in [0.3, 0.4) is 0 Å². The molecule has 0 unspecified atom stereocenters. The number of nitrogens with one attached hydrogen (secondary N) is 1. The molecule has 1 aromatic carbocycles. The van der Waals surface area contributed by atoms with E-state index in [-0.39, 0.29) is 12.0 Å². The van der Waals surface area contributed by atoms with Crippen LogP contribution in [0.2, 0.25) is 0 Å². The van der Waals surface area contributed by atoms with Gasteiger partial charge in [-0.2, -0.15) is 0 Å². The summed E-state index contributed by atoms with van der Waals surface area (Å²) in [6.07, 6.45) is 3.02. The van der Waals surface area contributed by atoms with Crippen LogP contribution in [0.5, 0.6) is 0 Å². The summed E-state index contributed by atoms with van der Waals surface area (Å²) in [5.74, 6) is -1.59. The summed E-state index contributed by atoms with van der Waals surface area (Å²) < 4.78 is 5.47. The van der Waals surface area contributed by atoms with Gasteiger partial charge >= 0.3 is 0 Å². The minimum atomic E-state index is -1.36. The maximum absolute atomic E-state index is 12.0. The Labute approximate surface area is 130 Å². The van der Waals surface area contributed by atoms with Crippen molar-refractivity contribution in [2.24, 2.45) is 0 Å². The molecule has 0 aliphatic rings. The normalized spacial score (nSPS) is 13.7. The fourth-order valence-corrected chi connectivity index (χ4v) is 2.09. The fraction of sp³-hybridized carbons (Fsp3) is 0.294. The first-order valence-corrected chi connectivity index (χ1v) is 7.10. The first-order chi connectivity index (χ1) is 10.4. The second-order valence-electron chi connectivity index (χ2n) is 5.42. The van der Waals surface area contributed by atoms with Gasteiger partial charge in [-0.15, -0.1) is 0 Å². The van der Waals surface area contributed by atoms with Gasteiger partial charge in [-0.1, -0.05) is 12.1 Å². The number of aliphatic hydroxyl groups is 1. The molecule has 0 aliphatic heterocycles. The highest BCUT2D eigenvalue weighted by molar-refractivity contribution is 6.03. The zero-order valence-electron chi connectivity index (χ0n) is 12.9. The quantitative estimate of drug-likeness (QED) is 0.833. The fourth-order valence-electron chi connectivity index (χ4n) is 2.09. The number of carbonyl (C=O) groups excluding carboxylic acids is 1. The summed E-state index contributed by atoms with van der Waals surface area (Å²) in [5, 5.41) is 13.1. The van der Waals surface area contributed by atoms with Gasteiger partial charge in [-0.25, -0.2) is 0 Å². The third-order valence-electron chi connectivity index (χ3n) is 3.07. The summed E-state index contributed by atoms with van der Waals surface area (Å²) in [6, 6.07) is 10.3. The van der Waals surface area contributed by atoms with E-state index in [9.17, 15) is 9.90 Å². The number of carbonyl (C=O) groups is 1. The van der Waals surface area contributed by atoms with Crippen LogP contribution < -0.4 is 5.32 Å². The number of pyridine rings is 1. The van der Waals surface area contributed by atoms with Crippen LogP contribution in [0.1, 0.15) is 36.7 Å². The molecule has 116 valence electrons. The molecule has 2 rings (SSSR count). The van der Waals surface area contributed by atoms with E-state index >= 15 is 0 Å². The molecule has 22 heavy (non-hydrogen) atoms. The Balaban J connectivity index is 2.08. The van der Waals surface area contributed by atoms with E-state index in [1.807, 2.05) is 13.8 Å². The van der Waals surface area contributed by atoms with Gasteiger partial charge in [0.05, 0.1) is 11.7 Å². The molecule has 0 bridgehead atoms. The molecule has 0 radical (unpaired) electrons. The molecule has 0 aliphatic carbocycles. The first kappa shape index (κ1) is 16.1. The van der Waals surface area contributed by atoms with Gasteiger partial charge in [0.2, 0.25) is 0 Å². The number of amides is 1. The number of anilines is 1. The zero-order chi connectivity index (χ0) is 16.2. The van der Waals surface area contributed by atoms with Crippen molar-refractivity contribution in [3.8, 4) is 0 Å². The predicted molar refractivity (Wildman–Crippen MR) is 84.4 cm³/mol. The Morgan fingerprint density at radius 1 is 1.27 bits per heavy atom. The highest BCUT2D eigenvalue weighted by atomic mass is 16.6. The van der Waals surface area contributed by atoms with Crippen molar-refractivity contribution in [3.63, 3.8) is 0 Å². The van der Waals surface area contributed by atoms with Gasteiger partial charge in [0.15, 0.2) is 5.79 Å². The highest BCUT2D eigenvalue weighted by Crippen LogP contribution is 2.25. The number of benzene rings is 1. The number of hydrogen-bond acceptors (Lipinski definition) is 4. The highest BCUT2D eigenvalue weighted by Gasteiger charge is 2.25. The van der Waals surface area contributed by atoms with Crippen molar-refractivity contribution in [3.05, 3.63) is 59.9 Å². The number of aromatic nitrogens is 1. The lowest BCUT2D eigenvalue weighted by molar-refractivity contribution is -0.219. The molecule has 1 atom stereocenters. The second-order valence-corrected chi connectivity index (χ2v) is 5.42. The minimum absolute atomic E-state index is 0.0973. The van der Waals surface area contributed by atoms with Crippen LogP contribution in [0, 0.1) is 0 Å². The molecule has 1 heterocycles. The lowest BCUT2D eigenvalue weighted by Crippen LogP contribution is -2.28. The molecule has 1 amide bonds. The summed E-state index contributed by atoms with van der Waals surface area (Å²) in [7, 11) is 0. The lowest BCUT2D eigenvalue weighted by Gasteiger charge is -2.26. The van der Waals surface area contributed by atoms with Crippen LogP contribution in [-0.4, -0.2) is 22.1 Å². The summed E-state index contributed by atoms with van der Waals surface area (Å²) in [4.78, 5) is 15.9. The van der Waals surface area contributed by atoms with E-state index in [4.69, 9.17) is 4.74 Å². The Kier molecular flexibility index (Phi) is 4.90. The molecule has 0 saturated carbocycles. The van der Waals surface area contributed by atoms with Crippen molar-refractivity contribution in [1.29, 1.82) is 0 Å². The van der Waals surface area contributed by atoms with Crippen molar-refractivity contribution in [1.82, 2.24) is 4.98 Å². The van der Waals surface area contributed by atoms with Crippen LogP contribution >= 0.6 is 0 Å². The number of nitrogens with zero attached hydrogens (tertiary/aromatic N) is 1. The van der Waals surface area contributed by atoms with Crippen LogP contribution in [0.15, 0.2) is 48.8 Å². The van der Waals surface area contributed by atoms with Crippen LogP contribution in [0.25, 0.3) is 0 Å². The third-order valence-corrected chi connectivity index (χ3v) is 3.07. The monoisotopic (exact) mass is 300 g/mol. The summed E-state index contributed by atoms with van der Waals surface area (Å²) in [5.41, 5.74) is 1.75. The van der Waals surface area contributed by atoms with Gasteiger partial charge < -0.3 is 15.2 Å². The zero-order valence-corrected chi connectivity index (χ0v) is 12.9. The van der Waals surface area contributed by atoms with E-state index in [1.165, 1.54) is 6.20 Å². The average molecular weight is 300 g/mol. The number of ether oxygens (including phenoxy) is 1. The van der Waals surface area contributed by atoms with E-state index in [2.05, 4.69) is 10.3 Å². The SMILES string of the molecule is CC(C)O[C@@](C)(O)c1ccc(NC(=O)c2cccnc2)cc1. The third kappa shape index (κ3) is 4.13. The van der Waals surface area contributed by atoms with Gasteiger partial charge in [0.25, 0.3) is 5.91 Å². The van der Waals surface area contributed by atoms with Crippen molar-refractivity contribution in [2.45, 2.75) is 32.7 Å². The molecular formula is C17H20N2O3. The molecule has 5 nitrogen and oxygen atoms in total. The lowest BCUT2D eigenvalue weighted by atomic mass is 10.1. The molecule has 0 fully saturated rings. The topological polar surface area (TPSA) is 71.5 Å². The number of rotatable bonds is 5. The molecule has 0 spiro atoms. The Morgan fingerprint density at radius 2 is 1.95 bits per heavy atom. The standard InChI is InChI=1S/C17H20N2O3/c1-12(2)22-17(3,21)14-6-8-15(9-7-14)19-16(20)13-5-4-10-18-11-13/h4-12,21H,1-3H3,(H,19,20)/t17-/m1/s1. The Hall–Kier alpha value is -2.24. The van der Waals surface area contributed by atoms with E-state index in [0.29, 0.717) is 16.8 Å². The van der Waals surface area contributed by atoms with Gasteiger partial charge in [-0.3, -0.25) is 9.78 Å². The minimum Gasteiger partial charge on any atom is -0.362 e. The van der Waals surface area contributed by atoms with Gasteiger partial charge in [0, 0.05) is 23.6 Å². The molecule has 0 saturated heterocycles.